The van der Waals surface area contributed by atoms with Crippen LogP contribution in [-0.2, 0) is 40.4 Å². The van der Waals surface area contributed by atoms with E-state index in [1.807, 2.05) is 19.1 Å². The Morgan fingerprint density at radius 1 is 1.06 bits per heavy atom. The first-order chi connectivity index (χ1) is 16.9. The van der Waals surface area contributed by atoms with Crippen molar-refractivity contribution in [2.24, 2.45) is 0 Å². The van der Waals surface area contributed by atoms with Crippen molar-refractivity contribution in [3.8, 4) is 0 Å². The molecule has 0 spiro atoms. The standard InChI is InChI=1S/C26H24F4N2O3S/c1-16-4-3-5-20(12-16)36(34,35)32-11-10-21-19(15-32)8-6-17(2)25(21)31-24(33)14-18-7-9-22(23(27)13-18)26(28,29)30/h3-9,12-13H,10-11,14-15H2,1-2H3,(H,31,33). The number of halogens is 4. The van der Waals surface area contributed by atoms with Gasteiger partial charge in [-0.2, -0.15) is 17.5 Å². The number of nitrogens with one attached hydrogen (secondary N) is 1. The minimum absolute atomic E-state index is 0.107. The van der Waals surface area contributed by atoms with E-state index in [4.69, 9.17) is 0 Å². The maximum Gasteiger partial charge on any atom is 0.419 e. The smallest absolute Gasteiger partial charge is 0.325 e. The molecule has 1 aliphatic rings. The number of hydrogen-bond donors (Lipinski definition) is 1. The second-order valence-electron chi connectivity index (χ2n) is 8.84. The van der Waals surface area contributed by atoms with E-state index in [-0.39, 0.29) is 30.0 Å². The minimum Gasteiger partial charge on any atom is -0.325 e. The van der Waals surface area contributed by atoms with Gasteiger partial charge in [0.05, 0.1) is 16.9 Å². The van der Waals surface area contributed by atoms with E-state index in [2.05, 4.69) is 5.32 Å². The number of sulfonamides is 1. The highest BCUT2D eigenvalue weighted by molar-refractivity contribution is 7.89. The van der Waals surface area contributed by atoms with Crippen molar-refractivity contribution in [2.45, 2.75) is 44.3 Å². The third-order valence-corrected chi connectivity index (χ3v) is 8.01. The molecule has 10 heteroatoms. The quantitative estimate of drug-likeness (QED) is 0.459. The molecular weight excluding hydrogens is 496 g/mol. The predicted octanol–water partition coefficient (Wildman–Crippen LogP) is 5.39. The van der Waals surface area contributed by atoms with E-state index in [0.29, 0.717) is 24.2 Å². The zero-order valence-corrected chi connectivity index (χ0v) is 20.4. The van der Waals surface area contributed by atoms with Gasteiger partial charge in [0.2, 0.25) is 15.9 Å². The summed E-state index contributed by atoms with van der Waals surface area (Å²) in [5, 5.41) is 2.79. The van der Waals surface area contributed by atoms with Crippen LogP contribution in [0, 0.1) is 19.7 Å². The van der Waals surface area contributed by atoms with Crippen LogP contribution in [0.5, 0.6) is 0 Å². The Morgan fingerprint density at radius 3 is 2.47 bits per heavy atom. The first-order valence-electron chi connectivity index (χ1n) is 11.2. The molecule has 0 aliphatic carbocycles. The lowest BCUT2D eigenvalue weighted by Crippen LogP contribution is -2.36. The van der Waals surface area contributed by atoms with E-state index >= 15 is 0 Å². The van der Waals surface area contributed by atoms with Crippen LogP contribution in [-0.4, -0.2) is 25.2 Å². The van der Waals surface area contributed by atoms with Crippen molar-refractivity contribution < 1.29 is 30.8 Å². The van der Waals surface area contributed by atoms with Crippen LogP contribution in [0.3, 0.4) is 0 Å². The zero-order valence-electron chi connectivity index (χ0n) is 19.6. The van der Waals surface area contributed by atoms with Gasteiger partial charge in [0.25, 0.3) is 0 Å². The molecule has 0 atom stereocenters. The van der Waals surface area contributed by atoms with E-state index in [1.165, 1.54) is 4.31 Å². The fourth-order valence-electron chi connectivity index (χ4n) is 4.32. The minimum atomic E-state index is -4.81. The zero-order chi connectivity index (χ0) is 26.3. The van der Waals surface area contributed by atoms with Gasteiger partial charge in [-0.15, -0.1) is 0 Å². The molecule has 36 heavy (non-hydrogen) atoms. The number of alkyl halides is 3. The molecule has 0 saturated heterocycles. The number of carbonyl (C=O) groups excluding carboxylic acids is 1. The summed E-state index contributed by atoms with van der Waals surface area (Å²) < 4.78 is 80.0. The van der Waals surface area contributed by atoms with Crippen LogP contribution >= 0.6 is 0 Å². The van der Waals surface area contributed by atoms with E-state index < -0.39 is 33.5 Å². The Bertz CT molecular complexity index is 1440. The topological polar surface area (TPSA) is 66.5 Å². The molecule has 0 aromatic heterocycles. The molecule has 0 saturated carbocycles. The molecule has 0 bridgehead atoms. The molecule has 1 heterocycles. The summed E-state index contributed by atoms with van der Waals surface area (Å²) in [6.07, 6.45) is -4.76. The van der Waals surface area contributed by atoms with Crippen molar-refractivity contribution in [3.05, 3.63) is 93.8 Å². The number of anilines is 1. The van der Waals surface area contributed by atoms with Crippen LogP contribution in [0.4, 0.5) is 23.2 Å². The molecule has 190 valence electrons. The summed E-state index contributed by atoms with van der Waals surface area (Å²) in [4.78, 5) is 12.9. The van der Waals surface area contributed by atoms with Crippen LogP contribution in [0.25, 0.3) is 0 Å². The number of hydrogen-bond acceptors (Lipinski definition) is 3. The van der Waals surface area contributed by atoms with Crippen molar-refractivity contribution in [1.29, 1.82) is 0 Å². The van der Waals surface area contributed by atoms with Gasteiger partial charge in [-0.05, 0) is 72.4 Å². The number of benzene rings is 3. The molecule has 3 aromatic rings. The van der Waals surface area contributed by atoms with Crippen molar-refractivity contribution >= 4 is 21.6 Å². The van der Waals surface area contributed by atoms with Crippen LogP contribution in [0.1, 0.15) is 33.4 Å². The maximum atomic E-state index is 13.9. The maximum absolute atomic E-state index is 13.9. The Kier molecular flexibility index (Phi) is 6.94. The lowest BCUT2D eigenvalue weighted by Gasteiger charge is -2.30. The molecule has 5 nitrogen and oxygen atoms in total. The first kappa shape index (κ1) is 25.8. The van der Waals surface area contributed by atoms with Crippen LogP contribution < -0.4 is 5.32 Å². The fourth-order valence-corrected chi connectivity index (χ4v) is 5.84. The average molecular weight is 521 g/mol. The normalized spacial score (nSPS) is 14.4. The summed E-state index contributed by atoms with van der Waals surface area (Å²) in [7, 11) is -3.70. The van der Waals surface area contributed by atoms with E-state index in [1.54, 1.807) is 31.2 Å². The summed E-state index contributed by atoms with van der Waals surface area (Å²) in [5.74, 6) is -1.95. The Morgan fingerprint density at radius 2 is 1.81 bits per heavy atom. The molecule has 0 radical (unpaired) electrons. The average Bonchev–Trinajstić information content (AvgIpc) is 2.80. The van der Waals surface area contributed by atoms with Gasteiger partial charge in [0, 0.05) is 18.8 Å². The number of rotatable bonds is 5. The largest absolute Gasteiger partial charge is 0.419 e. The van der Waals surface area contributed by atoms with Gasteiger partial charge >= 0.3 is 6.18 Å². The van der Waals surface area contributed by atoms with Gasteiger partial charge in [-0.1, -0.05) is 30.3 Å². The van der Waals surface area contributed by atoms with Crippen molar-refractivity contribution in [1.82, 2.24) is 4.31 Å². The summed E-state index contributed by atoms with van der Waals surface area (Å²) in [6, 6.07) is 12.7. The number of amides is 1. The fraction of sp³-hybridized carbons (Fsp3) is 0.269. The lowest BCUT2D eigenvalue weighted by molar-refractivity contribution is -0.140. The van der Waals surface area contributed by atoms with Gasteiger partial charge in [-0.3, -0.25) is 4.79 Å². The molecule has 4 rings (SSSR count). The molecule has 0 unspecified atom stereocenters. The highest BCUT2D eigenvalue weighted by atomic mass is 32.2. The lowest BCUT2D eigenvalue weighted by atomic mass is 9.95. The van der Waals surface area contributed by atoms with Crippen LogP contribution in [0.15, 0.2) is 59.5 Å². The summed E-state index contributed by atoms with van der Waals surface area (Å²) in [5.41, 5.74) is 2.41. The number of aryl methyl sites for hydroxylation is 2. The van der Waals surface area contributed by atoms with Crippen LogP contribution in [0.2, 0.25) is 0 Å². The number of nitrogens with zero attached hydrogens (tertiary/aromatic N) is 1. The Hall–Kier alpha value is -3.24. The predicted molar refractivity (Wildman–Crippen MR) is 127 cm³/mol. The Labute approximate surface area is 206 Å². The summed E-state index contributed by atoms with van der Waals surface area (Å²) in [6.45, 7) is 3.98. The second kappa shape index (κ2) is 9.67. The molecule has 1 N–H and O–H groups in total. The molecule has 3 aromatic carbocycles. The second-order valence-corrected chi connectivity index (χ2v) is 10.8. The van der Waals surface area contributed by atoms with Gasteiger partial charge < -0.3 is 5.32 Å². The molecule has 0 fully saturated rings. The number of fused-ring (bicyclic) bond motifs is 1. The Balaban J connectivity index is 1.53. The SMILES string of the molecule is Cc1cccc(S(=O)(=O)N2CCc3c(ccc(C)c3NC(=O)Cc3ccc(C(F)(F)F)c(F)c3)C2)c1. The third-order valence-electron chi connectivity index (χ3n) is 6.17. The van der Waals surface area contributed by atoms with Crippen molar-refractivity contribution in [2.75, 3.05) is 11.9 Å². The highest BCUT2D eigenvalue weighted by Gasteiger charge is 2.34. The van der Waals surface area contributed by atoms with E-state index in [9.17, 15) is 30.8 Å². The molecule has 1 amide bonds. The molecule has 1 aliphatic heterocycles. The third kappa shape index (κ3) is 5.29. The van der Waals surface area contributed by atoms with Gasteiger partial charge in [0.1, 0.15) is 5.82 Å². The molecular formula is C26H24F4N2O3S. The first-order valence-corrected chi connectivity index (χ1v) is 12.6. The monoisotopic (exact) mass is 520 g/mol. The van der Waals surface area contributed by atoms with E-state index in [0.717, 1.165) is 28.3 Å². The van der Waals surface area contributed by atoms with Gasteiger partial charge in [-0.25, -0.2) is 12.8 Å². The van der Waals surface area contributed by atoms with Crippen molar-refractivity contribution in [3.63, 3.8) is 0 Å². The number of carbonyl (C=O) groups is 1. The summed E-state index contributed by atoms with van der Waals surface area (Å²) >= 11 is 0. The highest BCUT2D eigenvalue weighted by Crippen LogP contribution is 2.33. The van der Waals surface area contributed by atoms with Gasteiger partial charge in [0.15, 0.2) is 0 Å².